The van der Waals surface area contributed by atoms with E-state index >= 15 is 0 Å². The van der Waals surface area contributed by atoms with Crippen LogP contribution in [0, 0.1) is 0 Å². The maximum absolute atomic E-state index is 10.4. The standard InChI is InChI=1S/C7H4Cl2O3.Mg/c8-3-1-4(7(11)12)6(10)5(9)2-3;/h1-2,10H,(H,11,12);. The summed E-state index contributed by atoms with van der Waals surface area (Å²) in [5, 5.41) is 17.8. The first-order valence-electron chi connectivity index (χ1n) is 2.93. The number of benzene rings is 1. The minimum Gasteiger partial charge on any atom is -0.505 e. The number of carbonyl (C=O) groups is 1. The molecule has 13 heavy (non-hydrogen) atoms. The molecule has 0 atom stereocenters. The smallest absolute Gasteiger partial charge is 0.339 e. The summed E-state index contributed by atoms with van der Waals surface area (Å²) < 4.78 is 0. The molecular formula is C7H4Cl2MgO3. The van der Waals surface area contributed by atoms with E-state index in [4.69, 9.17) is 33.4 Å². The molecule has 0 aliphatic rings. The summed E-state index contributed by atoms with van der Waals surface area (Å²) in [5.74, 6) is -1.73. The number of hydrogen-bond donors (Lipinski definition) is 2. The summed E-state index contributed by atoms with van der Waals surface area (Å²) in [5.41, 5.74) is -0.299. The Bertz CT molecular complexity index is 341. The number of aromatic carboxylic acids is 1. The SMILES string of the molecule is O=C(O)c1cc(Cl)cc(Cl)c1O.[Mg]. The molecule has 0 aromatic heterocycles. The molecule has 0 saturated heterocycles. The molecule has 1 rings (SSSR count). The van der Waals surface area contributed by atoms with Gasteiger partial charge in [0, 0.05) is 28.1 Å². The van der Waals surface area contributed by atoms with Crippen molar-refractivity contribution in [3.63, 3.8) is 0 Å². The highest BCUT2D eigenvalue weighted by Crippen LogP contribution is 2.30. The Morgan fingerprint density at radius 3 is 2.31 bits per heavy atom. The fourth-order valence-electron chi connectivity index (χ4n) is 0.729. The second kappa shape index (κ2) is 4.90. The minimum atomic E-state index is -1.27. The molecule has 2 radical (unpaired) electrons. The first kappa shape index (κ1) is 12.8. The molecule has 0 saturated carbocycles. The van der Waals surface area contributed by atoms with Gasteiger partial charge in [0.1, 0.15) is 11.3 Å². The van der Waals surface area contributed by atoms with Gasteiger partial charge in [0.15, 0.2) is 0 Å². The Balaban J connectivity index is 0.00000144. The van der Waals surface area contributed by atoms with Crippen LogP contribution in [-0.4, -0.2) is 39.2 Å². The lowest BCUT2D eigenvalue weighted by Crippen LogP contribution is -1.96. The lowest BCUT2D eigenvalue weighted by molar-refractivity contribution is 0.0694. The van der Waals surface area contributed by atoms with E-state index in [1.165, 1.54) is 6.07 Å². The number of rotatable bonds is 1. The number of hydrogen-bond acceptors (Lipinski definition) is 2. The molecule has 2 N–H and O–H groups in total. The van der Waals surface area contributed by atoms with Crippen LogP contribution in [0.2, 0.25) is 10.0 Å². The summed E-state index contributed by atoms with van der Waals surface area (Å²) in [4.78, 5) is 10.4. The van der Waals surface area contributed by atoms with Crippen molar-refractivity contribution in [1.29, 1.82) is 0 Å². The molecule has 1 aromatic rings. The van der Waals surface area contributed by atoms with Crippen molar-refractivity contribution >= 4 is 52.2 Å². The van der Waals surface area contributed by atoms with Gasteiger partial charge in [-0.15, -0.1) is 0 Å². The normalized spacial score (nSPS) is 9.08. The van der Waals surface area contributed by atoms with Gasteiger partial charge >= 0.3 is 5.97 Å². The van der Waals surface area contributed by atoms with Crippen LogP contribution in [0.3, 0.4) is 0 Å². The Kier molecular flexibility index (Phi) is 4.84. The predicted molar refractivity (Wildman–Crippen MR) is 50.8 cm³/mol. The number of carboxylic acid groups (broad SMARTS) is 1. The minimum absolute atomic E-state index is 0. The molecule has 0 unspecified atom stereocenters. The highest BCUT2D eigenvalue weighted by atomic mass is 35.5. The molecule has 0 fully saturated rings. The Morgan fingerprint density at radius 2 is 1.85 bits per heavy atom. The van der Waals surface area contributed by atoms with Crippen molar-refractivity contribution in [2.75, 3.05) is 0 Å². The molecule has 66 valence electrons. The van der Waals surface area contributed by atoms with Crippen LogP contribution in [0.1, 0.15) is 10.4 Å². The van der Waals surface area contributed by atoms with Crippen LogP contribution >= 0.6 is 23.2 Å². The summed E-state index contributed by atoms with van der Waals surface area (Å²) in [7, 11) is 0. The summed E-state index contributed by atoms with van der Waals surface area (Å²) in [6.45, 7) is 0. The molecule has 0 amide bonds. The third-order valence-electron chi connectivity index (χ3n) is 1.26. The largest absolute Gasteiger partial charge is 0.505 e. The molecule has 0 aliphatic heterocycles. The zero-order valence-corrected chi connectivity index (χ0v) is 9.35. The van der Waals surface area contributed by atoms with Crippen LogP contribution in [0.4, 0.5) is 0 Å². The third kappa shape index (κ3) is 2.91. The van der Waals surface area contributed by atoms with Gasteiger partial charge in [0.05, 0.1) is 5.02 Å². The lowest BCUT2D eigenvalue weighted by Gasteiger charge is -2.01. The van der Waals surface area contributed by atoms with Crippen molar-refractivity contribution in [2.45, 2.75) is 0 Å². The van der Waals surface area contributed by atoms with Crippen molar-refractivity contribution in [2.24, 2.45) is 0 Å². The average molecular weight is 231 g/mol. The first-order valence-corrected chi connectivity index (χ1v) is 3.69. The summed E-state index contributed by atoms with van der Waals surface area (Å²) in [6.07, 6.45) is 0. The maximum Gasteiger partial charge on any atom is 0.339 e. The second-order valence-corrected chi connectivity index (χ2v) is 2.93. The van der Waals surface area contributed by atoms with Crippen LogP contribution in [-0.2, 0) is 0 Å². The third-order valence-corrected chi connectivity index (χ3v) is 1.76. The quantitative estimate of drug-likeness (QED) is 0.727. The number of aromatic hydroxyl groups is 1. The molecule has 3 nitrogen and oxygen atoms in total. The number of phenols is 1. The van der Waals surface area contributed by atoms with Crippen molar-refractivity contribution < 1.29 is 15.0 Å². The van der Waals surface area contributed by atoms with Crippen molar-refractivity contribution in [1.82, 2.24) is 0 Å². The van der Waals surface area contributed by atoms with E-state index in [-0.39, 0.29) is 38.7 Å². The average Bonchev–Trinajstić information content (AvgIpc) is 1.96. The van der Waals surface area contributed by atoms with Crippen LogP contribution in [0.25, 0.3) is 0 Å². The van der Waals surface area contributed by atoms with Gasteiger partial charge in [-0.1, -0.05) is 23.2 Å². The van der Waals surface area contributed by atoms with E-state index < -0.39 is 11.7 Å². The van der Waals surface area contributed by atoms with E-state index in [1.807, 2.05) is 0 Å². The van der Waals surface area contributed by atoms with Gasteiger partial charge in [-0.05, 0) is 12.1 Å². The van der Waals surface area contributed by atoms with E-state index in [0.29, 0.717) is 0 Å². The van der Waals surface area contributed by atoms with Gasteiger partial charge in [0.25, 0.3) is 0 Å². The van der Waals surface area contributed by atoms with E-state index in [2.05, 4.69) is 0 Å². The zero-order valence-electron chi connectivity index (χ0n) is 6.42. The van der Waals surface area contributed by atoms with Gasteiger partial charge in [0.2, 0.25) is 0 Å². The highest BCUT2D eigenvalue weighted by Gasteiger charge is 2.13. The lowest BCUT2D eigenvalue weighted by atomic mass is 10.2. The van der Waals surface area contributed by atoms with E-state index in [1.54, 1.807) is 0 Å². The monoisotopic (exact) mass is 230 g/mol. The highest BCUT2D eigenvalue weighted by molar-refractivity contribution is 6.36. The fourth-order valence-corrected chi connectivity index (χ4v) is 1.22. The van der Waals surface area contributed by atoms with Crippen LogP contribution in [0.5, 0.6) is 5.75 Å². The molecule has 0 heterocycles. The summed E-state index contributed by atoms with van der Waals surface area (Å²) in [6, 6.07) is 2.40. The number of carboxylic acids is 1. The van der Waals surface area contributed by atoms with Crippen molar-refractivity contribution in [3.8, 4) is 5.75 Å². The van der Waals surface area contributed by atoms with E-state index in [0.717, 1.165) is 6.07 Å². The molecule has 1 aromatic carbocycles. The van der Waals surface area contributed by atoms with Crippen molar-refractivity contribution in [3.05, 3.63) is 27.7 Å². The second-order valence-electron chi connectivity index (χ2n) is 2.09. The molecular weight excluding hydrogens is 227 g/mol. The van der Waals surface area contributed by atoms with Gasteiger partial charge in [-0.25, -0.2) is 4.79 Å². The predicted octanol–water partition coefficient (Wildman–Crippen LogP) is 2.02. The molecule has 0 aliphatic carbocycles. The molecule has 0 bridgehead atoms. The Labute approximate surface area is 100 Å². The topological polar surface area (TPSA) is 57.5 Å². The molecule has 0 spiro atoms. The fraction of sp³-hybridized carbons (Fsp3) is 0. The van der Waals surface area contributed by atoms with E-state index in [9.17, 15) is 4.79 Å². The van der Waals surface area contributed by atoms with Gasteiger partial charge in [-0.2, -0.15) is 0 Å². The van der Waals surface area contributed by atoms with Crippen LogP contribution < -0.4 is 0 Å². The Hall–Kier alpha value is -0.164. The van der Waals surface area contributed by atoms with Crippen LogP contribution in [0.15, 0.2) is 12.1 Å². The number of halogens is 2. The van der Waals surface area contributed by atoms with Gasteiger partial charge in [-0.3, -0.25) is 0 Å². The molecule has 6 heteroatoms. The zero-order chi connectivity index (χ0) is 9.30. The van der Waals surface area contributed by atoms with Gasteiger partial charge < -0.3 is 10.2 Å². The maximum atomic E-state index is 10.4. The Morgan fingerprint density at radius 1 is 1.31 bits per heavy atom. The first-order chi connectivity index (χ1) is 5.52. The summed E-state index contributed by atoms with van der Waals surface area (Å²) >= 11 is 11.0.